The van der Waals surface area contributed by atoms with Crippen molar-refractivity contribution < 1.29 is 113 Å². The van der Waals surface area contributed by atoms with E-state index >= 15 is 0 Å². The molecular formula is C81H68BrF16N5O9S. The molecular weight excluding hydrogens is 1600 g/mol. The Morgan fingerprint density at radius 2 is 0.796 bits per heavy atom. The molecule has 0 spiro atoms. The minimum absolute atomic E-state index is 0. The Kier molecular flexibility index (Phi) is 33.4. The van der Waals surface area contributed by atoms with Gasteiger partial charge >= 0.3 is 24.9 Å². The highest BCUT2D eigenvalue weighted by Gasteiger charge is 2.43. The third kappa shape index (κ3) is 29.0. The molecule has 0 saturated carbocycles. The summed E-state index contributed by atoms with van der Waals surface area (Å²) < 4.78 is 232. The van der Waals surface area contributed by atoms with E-state index in [2.05, 4.69) is 35.2 Å². The lowest BCUT2D eigenvalue weighted by Crippen LogP contribution is -2.32. The number of halogens is 17. The molecule has 8 aromatic rings. The lowest BCUT2D eigenvalue weighted by Gasteiger charge is -2.23. The fourth-order valence-electron chi connectivity index (χ4n) is 9.58. The number of nitrogens with zero attached hydrogens (tertiary/aromatic N) is 5. The number of para-hydroxylation sites is 1. The van der Waals surface area contributed by atoms with Gasteiger partial charge in [0.15, 0.2) is 66.2 Å². The van der Waals surface area contributed by atoms with Crippen LogP contribution in [0.4, 0.5) is 70.2 Å². The first-order chi connectivity index (χ1) is 52.1. The number of alkyl halides is 12. The predicted molar refractivity (Wildman–Crippen MR) is 390 cm³/mol. The molecule has 8 aromatic carbocycles. The SMILES string of the molecule is C.CSc1ccc(C(=O)C[C@](C)(C#N)COc2cc(C#N)ccc2C(F)(F)F)cc1.[C-]#[N+]C(C)(COc1cc(F)c(F)cc1Br)CC(=O)c1ccc(C)cc1.[C-]#[N+]C(C)(COc1cc(F)c(F)cc1C(F)(F)F)CC(=O)c1ccc(OC(F)(F)F)cc1.[C-]#[N+]C(C)(COc1ccccc1C(F)(F)F)CC(=O)c1ccc(C)cc1. The maximum absolute atomic E-state index is 13.4. The molecule has 0 aliphatic carbocycles. The van der Waals surface area contributed by atoms with Gasteiger partial charge in [0.25, 0.3) is 16.6 Å². The minimum atomic E-state index is -5.07. The number of benzene rings is 8. The van der Waals surface area contributed by atoms with Gasteiger partial charge < -0.3 is 38.2 Å². The molecule has 8 rings (SSSR count). The second-order valence-corrected chi connectivity index (χ2v) is 27.6. The van der Waals surface area contributed by atoms with Gasteiger partial charge in [0.05, 0.1) is 58.0 Å². The summed E-state index contributed by atoms with van der Waals surface area (Å²) in [6.07, 6.45) is -18.3. The molecule has 0 aromatic heterocycles. The largest absolute Gasteiger partial charge is 0.573 e. The third-order valence-electron chi connectivity index (χ3n) is 15.9. The summed E-state index contributed by atoms with van der Waals surface area (Å²) in [7, 11) is 0. The molecule has 0 fully saturated rings. The number of hydrogen-bond acceptors (Lipinski definition) is 12. The van der Waals surface area contributed by atoms with Crippen molar-refractivity contribution in [1.82, 2.24) is 0 Å². The van der Waals surface area contributed by atoms with Gasteiger partial charge in [-0.1, -0.05) is 91.3 Å². The molecule has 596 valence electrons. The van der Waals surface area contributed by atoms with Gasteiger partial charge in [0.2, 0.25) is 0 Å². The Labute approximate surface area is 652 Å². The Hall–Kier alpha value is -11.4. The molecule has 113 heavy (non-hydrogen) atoms. The molecule has 0 N–H and O–H groups in total. The third-order valence-corrected chi connectivity index (χ3v) is 17.3. The van der Waals surface area contributed by atoms with Crippen molar-refractivity contribution in [3.63, 3.8) is 0 Å². The van der Waals surface area contributed by atoms with Crippen LogP contribution in [0, 0.1) is 84.9 Å². The van der Waals surface area contributed by atoms with Crippen LogP contribution < -0.4 is 23.7 Å². The van der Waals surface area contributed by atoms with E-state index in [0.29, 0.717) is 16.7 Å². The average Bonchev–Trinajstić information content (AvgIpc) is 0.820. The number of nitriles is 2. The summed E-state index contributed by atoms with van der Waals surface area (Å²) in [5.74, 6) is -9.30. The first-order valence-corrected chi connectivity index (χ1v) is 34.5. The number of ether oxygens (including phenoxy) is 5. The summed E-state index contributed by atoms with van der Waals surface area (Å²) in [5, 5.41) is 18.4. The highest BCUT2D eigenvalue weighted by Crippen LogP contribution is 2.42. The second kappa shape index (κ2) is 40.2. The topological polar surface area (TPSA) is 175 Å². The van der Waals surface area contributed by atoms with Crippen LogP contribution >= 0.6 is 27.7 Å². The highest BCUT2D eigenvalue weighted by molar-refractivity contribution is 9.10. The summed E-state index contributed by atoms with van der Waals surface area (Å²) in [4.78, 5) is 60.8. The number of rotatable bonds is 26. The van der Waals surface area contributed by atoms with Gasteiger partial charge in [-0.05, 0) is 122 Å². The Bertz CT molecular complexity index is 4880. The van der Waals surface area contributed by atoms with Crippen LogP contribution in [0.5, 0.6) is 28.7 Å². The number of Topliss-reactive ketones (excluding diaryl/α,β-unsaturated/α-hetero) is 4. The molecule has 0 aliphatic heterocycles. The first kappa shape index (κ1) is 94.0. The Balaban J connectivity index is 0.000000318. The molecule has 32 heteroatoms. The summed E-state index contributed by atoms with van der Waals surface area (Å²) >= 11 is 4.61. The molecule has 0 radical (unpaired) electrons. The highest BCUT2D eigenvalue weighted by atomic mass is 79.9. The quantitative estimate of drug-likeness (QED) is 0.0165. The number of aryl methyl sites for hydroxylation is 2. The van der Waals surface area contributed by atoms with E-state index in [1.165, 1.54) is 50.7 Å². The van der Waals surface area contributed by atoms with Crippen LogP contribution in [0.15, 0.2) is 173 Å². The van der Waals surface area contributed by atoms with Crippen LogP contribution in [-0.2, 0) is 18.5 Å². The van der Waals surface area contributed by atoms with E-state index in [0.717, 1.165) is 76.7 Å². The van der Waals surface area contributed by atoms with Gasteiger partial charge in [-0.25, -0.2) is 37.3 Å². The Morgan fingerprint density at radius 1 is 0.442 bits per heavy atom. The number of carbonyl (C=O) groups is 4. The predicted octanol–water partition coefficient (Wildman–Crippen LogP) is 23.0. The molecule has 0 amide bonds. The van der Waals surface area contributed by atoms with Gasteiger partial charge in [0, 0.05) is 66.5 Å². The number of ketones is 4. The van der Waals surface area contributed by atoms with Crippen molar-refractivity contribution >= 4 is 50.8 Å². The van der Waals surface area contributed by atoms with E-state index in [-0.39, 0.29) is 96.5 Å². The number of hydrogen-bond donors (Lipinski definition) is 0. The summed E-state index contributed by atoms with van der Waals surface area (Å²) in [5.41, 5.74) is -5.65. The number of carbonyl (C=O) groups excluding carboxylic acids is 4. The van der Waals surface area contributed by atoms with Crippen LogP contribution in [0.25, 0.3) is 14.5 Å². The monoisotopic (exact) mass is 1670 g/mol. The lowest BCUT2D eigenvalue weighted by molar-refractivity contribution is -0.274. The maximum atomic E-state index is 13.4. The van der Waals surface area contributed by atoms with Crippen LogP contribution in [0.1, 0.15) is 136 Å². The fraction of sp³-hybridized carbons (Fsp3) is 0.296. The van der Waals surface area contributed by atoms with Crippen LogP contribution in [-0.4, -0.2) is 78.8 Å². The average molecular weight is 1670 g/mol. The van der Waals surface area contributed by atoms with E-state index in [9.17, 15) is 94.7 Å². The molecule has 0 heterocycles. The molecule has 14 nitrogen and oxygen atoms in total. The second-order valence-electron chi connectivity index (χ2n) is 25.9. The molecule has 3 unspecified atom stereocenters. The zero-order valence-corrected chi connectivity index (χ0v) is 62.4. The lowest BCUT2D eigenvalue weighted by atomic mass is 9.85. The summed E-state index contributed by atoms with van der Waals surface area (Å²) in [6.45, 7) is 29.9. The van der Waals surface area contributed by atoms with E-state index in [1.807, 2.05) is 38.3 Å². The van der Waals surface area contributed by atoms with Gasteiger partial charge in [-0.15, -0.1) is 24.9 Å². The normalized spacial score (nSPS) is 13.2. The Morgan fingerprint density at radius 3 is 1.20 bits per heavy atom. The molecule has 0 aliphatic rings. The standard InChI is InChI=1S/C21H17F3N2O2S.C20H13F8NO3.C20H18F3NO2.C19H16BrF2NO2.CH4/c1-20(12-26,10-18(27)15-4-6-16(29-2)7-5-15)13-28-19-9-14(11-25)3-8-17(19)21(22,23)24;1-18(29-2,9-16(30)11-3-5-12(6-4-11)32-20(26,27)28)10-31-17-8-15(22)14(21)7-13(17)19(23,24)25;1-14-8-10-15(11-9-14)17(25)12-19(2,24-3)13-26-18-7-5-4-6-16(18)20(21,22)23;1-12-4-6-13(7-5-12)17(24)10-19(2,23-3)11-25-18-9-16(22)15(21)8-14(18)20;/h3-9H,10,13H2,1-2H3;3-8H,9-10H2,1H3;4-11H,12-13H2,1-2H3;4-9H,10-11H2,1-2H3;1H4/t20-;;;;/m1..../s1. The van der Waals surface area contributed by atoms with E-state index in [1.54, 1.807) is 73.7 Å². The zero-order chi connectivity index (χ0) is 84.0. The van der Waals surface area contributed by atoms with Gasteiger partial charge in [-0.2, -0.15) is 50.0 Å². The van der Waals surface area contributed by atoms with Crippen molar-refractivity contribution in [2.45, 2.75) is 121 Å². The zero-order valence-electron chi connectivity index (χ0n) is 60.0. The summed E-state index contributed by atoms with van der Waals surface area (Å²) in [6, 6.07) is 37.9. The molecule has 0 bridgehead atoms. The van der Waals surface area contributed by atoms with Crippen molar-refractivity contribution in [2.75, 3.05) is 32.7 Å². The van der Waals surface area contributed by atoms with Gasteiger partial charge in [0.1, 0.15) is 40.9 Å². The molecule has 0 saturated heterocycles. The van der Waals surface area contributed by atoms with Crippen molar-refractivity contribution in [3.8, 4) is 40.9 Å². The van der Waals surface area contributed by atoms with Crippen LogP contribution in [0.2, 0.25) is 0 Å². The molecule has 4 atom stereocenters. The maximum Gasteiger partial charge on any atom is 0.573 e. The van der Waals surface area contributed by atoms with Crippen molar-refractivity contribution in [1.29, 1.82) is 10.5 Å². The van der Waals surface area contributed by atoms with E-state index in [4.69, 9.17) is 43.9 Å². The minimum Gasteiger partial charge on any atom is -0.491 e. The van der Waals surface area contributed by atoms with E-state index < -0.39 is 130 Å². The number of thioether (sulfide) groups is 1. The van der Waals surface area contributed by atoms with Crippen LogP contribution in [0.3, 0.4) is 0 Å². The smallest absolute Gasteiger partial charge is 0.491 e. The fourth-order valence-corrected chi connectivity index (χ4v) is 10.4. The van der Waals surface area contributed by atoms with Gasteiger partial charge in [-0.3, -0.25) is 19.2 Å². The van der Waals surface area contributed by atoms with Crippen molar-refractivity contribution in [3.05, 3.63) is 281 Å². The first-order valence-electron chi connectivity index (χ1n) is 32.5. The van der Waals surface area contributed by atoms with Crippen molar-refractivity contribution in [2.24, 2.45) is 5.41 Å².